The number of nitrogens with zero attached hydrogens (tertiary/aromatic N) is 4. The number of carboxylic acids is 1. The number of carboxylic acid groups (broad SMARTS) is 1. The number of rotatable bonds is 10. The summed E-state index contributed by atoms with van der Waals surface area (Å²) in [4.78, 5) is 26.3. The van der Waals surface area contributed by atoms with Gasteiger partial charge in [0.25, 0.3) is 0 Å². The zero-order chi connectivity index (χ0) is 26.4. The van der Waals surface area contributed by atoms with Crippen LogP contribution in [0.2, 0.25) is 0 Å². The van der Waals surface area contributed by atoms with Crippen molar-refractivity contribution in [2.24, 2.45) is 0 Å². The molecule has 2 heterocycles. The summed E-state index contributed by atoms with van der Waals surface area (Å²) in [5, 5.41) is 34.4. The number of carbonyl (C=O) groups excluding carboxylic acids is 2. The van der Waals surface area contributed by atoms with Gasteiger partial charge in [0.15, 0.2) is 0 Å². The molecule has 1 aromatic heterocycles. The molecule has 0 spiro atoms. The van der Waals surface area contributed by atoms with Gasteiger partial charge in [-0.2, -0.15) is 5.21 Å². The van der Waals surface area contributed by atoms with Gasteiger partial charge in [-0.3, -0.25) is 4.79 Å². The summed E-state index contributed by atoms with van der Waals surface area (Å²) in [6.45, 7) is -0.0120. The molecular formula is C25H29N6NaO5S. The van der Waals surface area contributed by atoms with Crippen LogP contribution in [0.15, 0.2) is 48.5 Å². The van der Waals surface area contributed by atoms with Gasteiger partial charge in [-0.1, -0.05) is 28.5 Å². The number of nitrogens with one attached hydrogen (secondary N) is 2. The normalized spacial score (nSPS) is 17.9. The Morgan fingerprint density at radius 3 is 2.58 bits per heavy atom. The number of hydrogen-bond donors (Lipinski definition) is 3. The summed E-state index contributed by atoms with van der Waals surface area (Å²) in [6.07, 6.45) is 2.40. The number of aliphatic hydroxyl groups excluding tert-OH is 1. The topological polar surface area (TPSA) is 148 Å². The number of ether oxygens (including phenoxy) is 1. The van der Waals surface area contributed by atoms with E-state index in [9.17, 15) is 19.8 Å². The van der Waals surface area contributed by atoms with Crippen LogP contribution in [0.3, 0.4) is 0 Å². The fourth-order valence-electron chi connectivity index (χ4n) is 4.85. The van der Waals surface area contributed by atoms with Gasteiger partial charge < -0.3 is 30.0 Å². The molecule has 3 N–H and O–H groups in total. The Morgan fingerprint density at radius 2 is 1.95 bits per heavy atom. The fraction of sp³-hybridized carbons (Fsp3) is 0.400. The van der Waals surface area contributed by atoms with E-state index in [1.807, 2.05) is 18.2 Å². The maximum absolute atomic E-state index is 12.8. The molecule has 3 atom stereocenters. The van der Waals surface area contributed by atoms with Gasteiger partial charge in [-0.15, -0.1) is 0 Å². The molecule has 3 aromatic rings. The average Bonchev–Trinajstić information content (AvgIpc) is 3.34. The van der Waals surface area contributed by atoms with Crippen LogP contribution in [-0.4, -0.2) is 63.0 Å². The van der Waals surface area contributed by atoms with E-state index in [-0.39, 0.29) is 58.9 Å². The Hall–Kier alpha value is -2.61. The first kappa shape index (κ1) is 29.9. The largest absolute Gasteiger partial charge is 1.00 e. The molecule has 11 nitrogen and oxygen atoms in total. The Balaban J connectivity index is 0.00000400. The zero-order valence-corrected chi connectivity index (χ0v) is 24.2. The summed E-state index contributed by atoms with van der Waals surface area (Å²) >= 11 is 5.13. The molecule has 2 aromatic carbocycles. The van der Waals surface area contributed by atoms with Crippen LogP contribution in [0.25, 0.3) is 5.69 Å². The number of anilines is 2. The van der Waals surface area contributed by atoms with Crippen molar-refractivity contribution >= 4 is 35.5 Å². The van der Waals surface area contributed by atoms with E-state index in [1.54, 1.807) is 30.3 Å². The molecule has 4 rings (SSSR count). The van der Waals surface area contributed by atoms with Crippen molar-refractivity contribution in [1.82, 2.24) is 20.2 Å². The van der Waals surface area contributed by atoms with Gasteiger partial charge in [0.2, 0.25) is 10.7 Å². The fourth-order valence-corrected chi connectivity index (χ4v) is 5.04. The number of tetrazole rings is 1. The van der Waals surface area contributed by atoms with Crippen molar-refractivity contribution in [3.05, 3.63) is 58.9 Å². The SMILES string of the molecule is COC(C(=O)[O-])c1ccc(N2C(CO)CCCC2CCC(=O)Nc2cccc(-n3[nH]nnc3=S)c2)cc1.[Na+]. The van der Waals surface area contributed by atoms with Crippen molar-refractivity contribution in [2.75, 3.05) is 23.9 Å². The van der Waals surface area contributed by atoms with Gasteiger partial charge in [-0.25, -0.2) is 4.68 Å². The smallest absolute Gasteiger partial charge is 0.547 e. The number of H-pyrrole nitrogens is 1. The third kappa shape index (κ3) is 7.07. The molecule has 0 radical (unpaired) electrons. The van der Waals surface area contributed by atoms with Crippen LogP contribution in [0.4, 0.5) is 11.4 Å². The van der Waals surface area contributed by atoms with E-state index in [2.05, 4.69) is 25.7 Å². The van der Waals surface area contributed by atoms with Gasteiger partial charge in [0.05, 0.1) is 24.3 Å². The summed E-state index contributed by atoms with van der Waals surface area (Å²) in [5.41, 5.74) is 2.67. The van der Waals surface area contributed by atoms with E-state index in [4.69, 9.17) is 17.0 Å². The number of methoxy groups -OCH3 is 1. The standard InChI is InChI=1S/C25H30N6O5S.Na/c1-36-23(24(34)35)16-8-10-19(11-9-16)30-18(5-3-7-21(30)15-32)12-13-22(33)26-17-4-2-6-20(14-17)31-25(37)27-28-29-31;/h2,4,6,8-11,14,18,21,23,32H,3,5,7,12-13,15H2,1H3,(H,26,33)(H,34,35)(H,27,29,37);/q;+1/p-1. The van der Waals surface area contributed by atoms with Crippen molar-refractivity contribution in [3.63, 3.8) is 0 Å². The molecule has 1 amide bonds. The number of aliphatic hydroxyl groups is 1. The zero-order valence-electron chi connectivity index (χ0n) is 21.4. The van der Waals surface area contributed by atoms with Crippen molar-refractivity contribution in [2.45, 2.75) is 50.3 Å². The molecular weight excluding hydrogens is 519 g/mol. The van der Waals surface area contributed by atoms with E-state index in [1.165, 1.54) is 11.8 Å². The molecule has 3 unspecified atom stereocenters. The Morgan fingerprint density at radius 1 is 1.21 bits per heavy atom. The maximum Gasteiger partial charge on any atom is 1.00 e. The molecule has 1 fully saturated rings. The second-order valence-electron chi connectivity index (χ2n) is 8.91. The molecule has 1 aliphatic rings. The Labute approximate surface area is 247 Å². The van der Waals surface area contributed by atoms with E-state index < -0.39 is 12.1 Å². The number of hydrogen-bond acceptors (Lipinski definition) is 9. The van der Waals surface area contributed by atoms with Crippen molar-refractivity contribution in [3.8, 4) is 5.69 Å². The predicted molar refractivity (Wildman–Crippen MR) is 137 cm³/mol. The third-order valence-electron chi connectivity index (χ3n) is 6.58. The molecule has 1 aliphatic heterocycles. The van der Waals surface area contributed by atoms with Crippen LogP contribution >= 0.6 is 12.2 Å². The van der Waals surface area contributed by atoms with Crippen LogP contribution in [0, 0.1) is 4.77 Å². The third-order valence-corrected chi connectivity index (χ3v) is 6.84. The second-order valence-corrected chi connectivity index (χ2v) is 9.28. The van der Waals surface area contributed by atoms with E-state index >= 15 is 0 Å². The number of aromatic nitrogens is 4. The molecule has 1 saturated heterocycles. The Kier molecular flexibility index (Phi) is 11.0. The van der Waals surface area contributed by atoms with Crippen LogP contribution in [0.1, 0.15) is 43.8 Å². The number of amides is 1. The summed E-state index contributed by atoms with van der Waals surface area (Å²) < 4.78 is 6.84. The molecule has 0 aliphatic carbocycles. The maximum atomic E-state index is 12.8. The predicted octanol–water partition coefficient (Wildman–Crippen LogP) is -1.10. The minimum Gasteiger partial charge on any atom is -0.547 e. The van der Waals surface area contributed by atoms with Crippen molar-refractivity contribution < 1.29 is 54.1 Å². The van der Waals surface area contributed by atoms with Crippen LogP contribution < -0.4 is 44.9 Å². The second kappa shape index (κ2) is 14.0. The van der Waals surface area contributed by atoms with Gasteiger partial charge >= 0.3 is 29.6 Å². The summed E-state index contributed by atoms with van der Waals surface area (Å²) in [7, 11) is 1.32. The van der Waals surface area contributed by atoms with Gasteiger partial charge in [0.1, 0.15) is 6.10 Å². The van der Waals surface area contributed by atoms with E-state index in [0.717, 1.165) is 24.9 Å². The van der Waals surface area contributed by atoms with Gasteiger partial charge in [0, 0.05) is 30.9 Å². The first-order valence-corrected chi connectivity index (χ1v) is 12.4. The molecule has 13 heteroatoms. The minimum atomic E-state index is -1.31. The van der Waals surface area contributed by atoms with E-state index in [0.29, 0.717) is 29.8 Å². The monoisotopic (exact) mass is 548 g/mol. The Bertz CT molecular complexity index is 1280. The molecule has 196 valence electrons. The molecule has 38 heavy (non-hydrogen) atoms. The number of aromatic amines is 1. The minimum absolute atomic E-state index is 0. The number of carbonyl (C=O) groups is 2. The number of aliphatic carboxylic acids is 1. The average molecular weight is 549 g/mol. The number of piperidine rings is 1. The van der Waals surface area contributed by atoms with Crippen LogP contribution in [0.5, 0.6) is 0 Å². The number of benzene rings is 2. The van der Waals surface area contributed by atoms with Crippen LogP contribution in [-0.2, 0) is 14.3 Å². The molecule has 0 saturated carbocycles. The quantitative estimate of drug-likeness (QED) is 0.212. The summed E-state index contributed by atoms with van der Waals surface area (Å²) in [6, 6.07) is 14.2. The first-order chi connectivity index (χ1) is 17.9. The molecule has 0 bridgehead atoms. The van der Waals surface area contributed by atoms with Crippen molar-refractivity contribution in [1.29, 1.82) is 0 Å². The van der Waals surface area contributed by atoms with Gasteiger partial charge in [-0.05, 0) is 73.8 Å². The first-order valence-electron chi connectivity index (χ1n) is 12.0. The summed E-state index contributed by atoms with van der Waals surface area (Å²) in [5.74, 6) is -1.43.